The van der Waals surface area contributed by atoms with Crippen LogP contribution >= 0.6 is 11.6 Å². The number of carbonyl (C=O) groups is 2. The van der Waals surface area contributed by atoms with Gasteiger partial charge >= 0.3 is 5.97 Å². The molecule has 3 rings (SSSR count). The van der Waals surface area contributed by atoms with Crippen LogP contribution in [0.4, 0.5) is 0 Å². The predicted octanol–water partition coefficient (Wildman–Crippen LogP) is 2.69. The van der Waals surface area contributed by atoms with Gasteiger partial charge in [0.15, 0.2) is 5.78 Å². The average Bonchev–Trinajstić information content (AvgIpc) is 3.25. The number of epoxide rings is 1. The smallest absolute Gasteiger partial charge is 0.342 e. The third kappa shape index (κ3) is 3.86. The van der Waals surface area contributed by atoms with Gasteiger partial charge in [-0.1, -0.05) is 29.8 Å². The quantitative estimate of drug-likeness (QED) is 0.542. The number of ketones is 1. The van der Waals surface area contributed by atoms with Gasteiger partial charge in [0.1, 0.15) is 29.3 Å². The van der Waals surface area contributed by atoms with Crippen LogP contribution in [0.5, 0.6) is 11.5 Å². The number of phenols is 2. The molecule has 0 spiro atoms. The standard InChI is InChI=1S/C18H17ClO6/c1-9-6-15-14(25-15)5-3-2-4-10(20)7-11-16(18(23)24-9)12(21)8-13(22)17(11)19/h2-5,8-9,14-15,21-22H,6-7H2,1H3/b4-2+,5-3-/t9-,14-,15+/m1/s1. The monoisotopic (exact) mass is 364 g/mol. The number of halogens is 1. The Labute approximate surface area is 149 Å². The first-order valence-corrected chi connectivity index (χ1v) is 8.22. The summed E-state index contributed by atoms with van der Waals surface area (Å²) in [6.45, 7) is 1.72. The topological polar surface area (TPSA) is 96.4 Å². The number of hydrogen-bond acceptors (Lipinski definition) is 6. The van der Waals surface area contributed by atoms with Gasteiger partial charge in [-0.2, -0.15) is 0 Å². The number of hydrogen-bond donors (Lipinski definition) is 2. The molecular weight excluding hydrogens is 348 g/mol. The number of aromatic hydroxyl groups is 2. The minimum absolute atomic E-state index is 0.0348. The lowest BCUT2D eigenvalue weighted by Gasteiger charge is -2.16. The van der Waals surface area contributed by atoms with E-state index in [0.717, 1.165) is 6.07 Å². The van der Waals surface area contributed by atoms with Crippen molar-refractivity contribution in [1.82, 2.24) is 0 Å². The molecule has 0 amide bonds. The van der Waals surface area contributed by atoms with Gasteiger partial charge in [0.25, 0.3) is 0 Å². The minimum atomic E-state index is -0.802. The Bertz CT molecular complexity index is 782. The zero-order valence-electron chi connectivity index (χ0n) is 13.4. The summed E-state index contributed by atoms with van der Waals surface area (Å²) in [5, 5.41) is 19.7. The maximum absolute atomic E-state index is 12.5. The van der Waals surface area contributed by atoms with Crippen molar-refractivity contribution in [3.05, 3.63) is 46.5 Å². The van der Waals surface area contributed by atoms with Crippen molar-refractivity contribution < 1.29 is 29.3 Å². The van der Waals surface area contributed by atoms with Gasteiger partial charge in [0, 0.05) is 24.5 Å². The Morgan fingerprint density at radius 2 is 1.96 bits per heavy atom. The molecular formula is C18H17ClO6. The van der Waals surface area contributed by atoms with Crippen molar-refractivity contribution in [2.75, 3.05) is 0 Å². The molecule has 0 aliphatic carbocycles. The molecule has 6 nitrogen and oxygen atoms in total. The van der Waals surface area contributed by atoms with Gasteiger partial charge < -0.3 is 19.7 Å². The minimum Gasteiger partial charge on any atom is -0.507 e. The second kappa shape index (κ2) is 6.90. The highest BCUT2D eigenvalue weighted by atomic mass is 35.5. The van der Waals surface area contributed by atoms with Crippen LogP contribution in [0.3, 0.4) is 0 Å². The largest absolute Gasteiger partial charge is 0.507 e. The lowest BCUT2D eigenvalue weighted by molar-refractivity contribution is -0.114. The number of allylic oxidation sites excluding steroid dienone is 3. The molecule has 1 saturated heterocycles. The number of cyclic esters (lactones) is 1. The van der Waals surface area contributed by atoms with Gasteiger partial charge in [-0.05, 0) is 13.0 Å². The van der Waals surface area contributed by atoms with Crippen LogP contribution in [-0.4, -0.2) is 40.3 Å². The summed E-state index contributed by atoms with van der Waals surface area (Å²) in [6, 6.07) is 0.958. The van der Waals surface area contributed by atoms with E-state index in [2.05, 4.69) is 0 Å². The molecule has 25 heavy (non-hydrogen) atoms. The molecule has 0 unspecified atom stereocenters. The van der Waals surface area contributed by atoms with Crippen LogP contribution in [0, 0.1) is 0 Å². The van der Waals surface area contributed by atoms with Crippen molar-refractivity contribution in [3.8, 4) is 11.5 Å². The molecule has 2 N–H and O–H groups in total. The third-order valence-corrected chi connectivity index (χ3v) is 4.49. The SMILES string of the molecule is C[C@@H]1C[C@@H]2O[C@@H]2/C=C\C=C\C(=O)Cc2c(Cl)c(O)cc(O)c2C(=O)O1. The Hall–Kier alpha value is -2.31. The first-order chi connectivity index (χ1) is 11.9. The van der Waals surface area contributed by atoms with Crippen molar-refractivity contribution in [2.45, 2.75) is 38.1 Å². The first-order valence-electron chi connectivity index (χ1n) is 7.84. The molecule has 0 saturated carbocycles. The molecule has 2 aliphatic heterocycles. The molecule has 1 fully saturated rings. The zero-order chi connectivity index (χ0) is 18.1. The summed E-state index contributed by atoms with van der Waals surface area (Å²) >= 11 is 6.05. The van der Waals surface area contributed by atoms with Crippen LogP contribution in [0.15, 0.2) is 30.4 Å². The Morgan fingerprint density at radius 1 is 1.20 bits per heavy atom. The molecule has 3 atom stereocenters. The van der Waals surface area contributed by atoms with E-state index in [0.29, 0.717) is 6.42 Å². The molecule has 132 valence electrons. The number of fused-ring (bicyclic) bond motifs is 2. The fourth-order valence-corrected chi connectivity index (χ4v) is 3.00. The number of rotatable bonds is 0. The van der Waals surface area contributed by atoms with E-state index < -0.39 is 23.6 Å². The summed E-state index contributed by atoms with van der Waals surface area (Å²) in [4.78, 5) is 24.6. The summed E-state index contributed by atoms with van der Waals surface area (Å²) < 4.78 is 10.8. The first kappa shape index (κ1) is 17.5. The van der Waals surface area contributed by atoms with Crippen LogP contribution in [0.25, 0.3) is 0 Å². The Kier molecular flexibility index (Phi) is 4.83. The highest BCUT2D eigenvalue weighted by molar-refractivity contribution is 6.33. The molecule has 0 radical (unpaired) electrons. The van der Waals surface area contributed by atoms with Crippen molar-refractivity contribution in [1.29, 1.82) is 0 Å². The highest BCUT2D eigenvalue weighted by Gasteiger charge is 2.38. The lowest BCUT2D eigenvalue weighted by Crippen LogP contribution is -2.19. The second-order valence-electron chi connectivity index (χ2n) is 6.06. The fourth-order valence-electron chi connectivity index (χ4n) is 2.78. The Morgan fingerprint density at radius 3 is 2.72 bits per heavy atom. The molecule has 2 heterocycles. The fraction of sp³-hybridized carbons (Fsp3) is 0.333. The van der Waals surface area contributed by atoms with E-state index in [1.54, 1.807) is 19.1 Å². The summed E-state index contributed by atoms with van der Waals surface area (Å²) in [5.41, 5.74) is -0.176. The molecule has 2 aliphatic rings. The second-order valence-corrected chi connectivity index (χ2v) is 6.44. The molecule has 0 aromatic heterocycles. The normalized spacial score (nSPS) is 29.0. The predicted molar refractivity (Wildman–Crippen MR) is 89.9 cm³/mol. The number of ether oxygens (including phenoxy) is 2. The van der Waals surface area contributed by atoms with E-state index in [1.807, 2.05) is 6.08 Å². The van der Waals surface area contributed by atoms with E-state index in [9.17, 15) is 19.8 Å². The molecule has 0 bridgehead atoms. The zero-order valence-corrected chi connectivity index (χ0v) is 14.2. The summed E-state index contributed by atoms with van der Waals surface area (Å²) in [7, 11) is 0. The molecule has 7 heteroatoms. The molecule has 1 aromatic rings. The van der Waals surface area contributed by atoms with Crippen molar-refractivity contribution in [3.63, 3.8) is 0 Å². The maximum Gasteiger partial charge on any atom is 0.342 e. The van der Waals surface area contributed by atoms with Gasteiger partial charge in [-0.25, -0.2) is 4.79 Å². The third-order valence-electron chi connectivity index (χ3n) is 4.06. The maximum atomic E-state index is 12.5. The van der Waals surface area contributed by atoms with Crippen molar-refractivity contribution >= 4 is 23.4 Å². The number of esters is 1. The van der Waals surface area contributed by atoms with Gasteiger partial charge in [-0.3, -0.25) is 4.79 Å². The van der Waals surface area contributed by atoms with Gasteiger partial charge in [0.2, 0.25) is 0 Å². The van der Waals surface area contributed by atoms with Crippen LogP contribution in [-0.2, 0) is 20.7 Å². The van der Waals surface area contributed by atoms with E-state index in [1.165, 1.54) is 6.08 Å². The van der Waals surface area contributed by atoms with Crippen LogP contribution in [0.2, 0.25) is 5.02 Å². The van der Waals surface area contributed by atoms with Crippen LogP contribution < -0.4 is 0 Å². The van der Waals surface area contributed by atoms with E-state index in [-0.39, 0.29) is 40.6 Å². The van der Waals surface area contributed by atoms with E-state index >= 15 is 0 Å². The van der Waals surface area contributed by atoms with Gasteiger partial charge in [0.05, 0.1) is 11.1 Å². The van der Waals surface area contributed by atoms with Gasteiger partial charge in [-0.15, -0.1) is 0 Å². The number of benzene rings is 1. The van der Waals surface area contributed by atoms with E-state index in [4.69, 9.17) is 21.1 Å². The Balaban J connectivity index is 2.01. The lowest BCUT2D eigenvalue weighted by atomic mass is 10.00. The van der Waals surface area contributed by atoms with Crippen molar-refractivity contribution in [2.24, 2.45) is 0 Å². The number of carbonyl (C=O) groups excluding carboxylic acids is 2. The average molecular weight is 365 g/mol. The number of phenolic OH excluding ortho intramolecular Hbond substituents is 2. The van der Waals surface area contributed by atoms with Crippen LogP contribution in [0.1, 0.15) is 29.3 Å². The highest BCUT2D eigenvalue weighted by Crippen LogP contribution is 2.37. The summed E-state index contributed by atoms with van der Waals surface area (Å²) in [5.74, 6) is -2.04. The molecule has 1 aromatic carbocycles. The summed E-state index contributed by atoms with van der Waals surface area (Å²) in [6.07, 6.45) is 6.13.